The third-order valence-electron chi connectivity index (χ3n) is 4.07. The van der Waals surface area contributed by atoms with Gasteiger partial charge in [-0.2, -0.15) is 0 Å². The van der Waals surface area contributed by atoms with Crippen molar-refractivity contribution in [1.29, 1.82) is 0 Å². The maximum atomic E-state index is 12.2. The van der Waals surface area contributed by atoms with Crippen LogP contribution in [-0.2, 0) is 19.5 Å². The fourth-order valence-corrected chi connectivity index (χ4v) is 2.81. The van der Waals surface area contributed by atoms with Crippen molar-refractivity contribution >= 4 is 6.03 Å². The molecule has 0 bridgehead atoms. The number of fused-ring (bicyclic) bond motifs is 1. The minimum absolute atomic E-state index is 0.146. The Kier molecular flexibility index (Phi) is 4.55. The smallest absolute Gasteiger partial charge is 0.315 e. The molecule has 0 saturated heterocycles. The maximum Gasteiger partial charge on any atom is 0.315 e. The molecule has 2 amide bonds. The minimum Gasteiger partial charge on any atom is -0.334 e. The van der Waals surface area contributed by atoms with Crippen molar-refractivity contribution in [1.82, 2.24) is 30.4 Å². The molecule has 1 atom stereocenters. The molecule has 122 valence electrons. The van der Waals surface area contributed by atoms with Crippen LogP contribution in [0.25, 0.3) is 0 Å². The number of urea groups is 1. The van der Waals surface area contributed by atoms with E-state index in [2.05, 4.69) is 44.2 Å². The Labute approximate surface area is 135 Å². The number of aryl methyl sites for hydroxylation is 1. The number of pyridine rings is 1. The topological polar surface area (TPSA) is 84.7 Å². The summed E-state index contributed by atoms with van der Waals surface area (Å²) in [6, 6.07) is 3.42. The highest BCUT2D eigenvalue weighted by molar-refractivity contribution is 5.74. The lowest BCUT2D eigenvalue weighted by Crippen LogP contribution is -2.40. The van der Waals surface area contributed by atoms with Crippen LogP contribution in [0.5, 0.6) is 0 Å². The average molecular weight is 314 g/mol. The number of aromatic nitrogens is 4. The van der Waals surface area contributed by atoms with E-state index in [1.165, 1.54) is 0 Å². The molecule has 2 N–H and O–H groups in total. The van der Waals surface area contributed by atoms with Crippen molar-refractivity contribution in [3.05, 3.63) is 41.7 Å². The molecule has 2 aromatic heterocycles. The van der Waals surface area contributed by atoms with Crippen LogP contribution < -0.4 is 10.6 Å². The molecule has 0 aromatic carbocycles. The van der Waals surface area contributed by atoms with Crippen molar-refractivity contribution in [3.63, 3.8) is 0 Å². The summed E-state index contributed by atoms with van der Waals surface area (Å²) in [7, 11) is 0. The molecule has 0 spiro atoms. The third-order valence-corrected chi connectivity index (χ3v) is 4.07. The van der Waals surface area contributed by atoms with Crippen LogP contribution in [0.15, 0.2) is 24.5 Å². The first-order valence-corrected chi connectivity index (χ1v) is 8.00. The first kappa shape index (κ1) is 15.5. The number of hydrogen-bond acceptors (Lipinski definition) is 4. The highest BCUT2D eigenvalue weighted by Gasteiger charge is 2.27. The molecular weight excluding hydrogens is 292 g/mol. The predicted molar refractivity (Wildman–Crippen MR) is 85.5 cm³/mol. The summed E-state index contributed by atoms with van der Waals surface area (Å²) in [6.07, 6.45) is 5.49. The van der Waals surface area contributed by atoms with Gasteiger partial charge in [-0.1, -0.05) is 13.8 Å². The zero-order chi connectivity index (χ0) is 16.2. The van der Waals surface area contributed by atoms with Crippen LogP contribution in [0, 0.1) is 5.92 Å². The Hall–Kier alpha value is -2.44. The molecule has 0 radical (unpaired) electrons. The number of hydrogen-bond donors (Lipinski definition) is 2. The molecule has 0 fully saturated rings. The zero-order valence-electron chi connectivity index (χ0n) is 13.5. The molecule has 1 unspecified atom stereocenters. The van der Waals surface area contributed by atoms with Gasteiger partial charge in [-0.3, -0.25) is 4.98 Å². The molecule has 3 rings (SSSR count). The van der Waals surface area contributed by atoms with Crippen molar-refractivity contribution < 1.29 is 4.79 Å². The predicted octanol–water partition coefficient (Wildman–Crippen LogP) is 1.82. The fraction of sp³-hybridized carbons (Fsp3) is 0.500. The standard InChI is InChI=1S/C16H22N6O/c1-11(2)14(15-21-20-13-4-3-9-22(13)15)19-16(23)18-10-12-5-7-17-8-6-12/h5-8,11,14H,3-4,9-10H2,1-2H3,(H2,18,19,23). The van der Waals surface area contributed by atoms with E-state index in [1.54, 1.807) is 12.4 Å². The lowest BCUT2D eigenvalue weighted by Gasteiger charge is -2.22. The van der Waals surface area contributed by atoms with E-state index >= 15 is 0 Å². The Morgan fingerprint density at radius 1 is 1.30 bits per heavy atom. The summed E-state index contributed by atoms with van der Waals surface area (Å²) in [6.45, 7) is 5.55. The molecule has 0 saturated carbocycles. The Balaban J connectivity index is 1.64. The summed E-state index contributed by atoms with van der Waals surface area (Å²) >= 11 is 0. The van der Waals surface area contributed by atoms with E-state index in [0.29, 0.717) is 6.54 Å². The number of carbonyl (C=O) groups is 1. The first-order chi connectivity index (χ1) is 11.1. The van der Waals surface area contributed by atoms with Gasteiger partial charge in [0.2, 0.25) is 0 Å². The number of amides is 2. The molecule has 7 nitrogen and oxygen atoms in total. The van der Waals surface area contributed by atoms with E-state index in [0.717, 1.165) is 36.6 Å². The van der Waals surface area contributed by atoms with Gasteiger partial charge in [0.1, 0.15) is 5.82 Å². The average Bonchev–Trinajstić information content (AvgIpc) is 3.15. The van der Waals surface area contributed by atoms with Crippen molar-refractivity contribution in [3.8, 4) is 0 Å². The van der Waals surface area contributed by atoms with E-state index in [-0.39, 0.29) is 18.0 Å². The minimum atomic E-state index is -0.198. The molecule has 1 aliphatic heterocycles. The second-order valence-corrected chi connectivity index (χ2v) is 6.13. The number of nitrogens with zero attached hydrogens (tertiary/aromatic N) is 4. The molecule has 0 aliphatic carbocycles. The lowest BCUT2D eigenvalue weighted by molar-refractivity contribution is 0.231. The lowest BCUT2D eigenvalue weighted by atomic mass is 10.0. The van der Waals surface area contributed by atoms with Gasteiger partial charge >= 0.3 is 6.03 Å². The molecule has 3 heterocycles. The van der Waals surface area contributed by atoms with E-state index in [1.807, 2.05) is 12.1 Å². The van der Waals surface area contributed by atoms with Gasteiger partial charge < -0.3 is 15.2 Å². The molecule has 23 heavy (non-hydrogen) atoms. The second kappa shape index (κ2) is 6.76. The maximum absolute atomic E-state index is 12.2. The SMILES string of the molecule is CC(C)C(NC(=O)NCc1ccncc1)c1nnc2n1CCC2. The third kappa shape index (κ3) is 3.49. The largest absolute Gasteiger partial charge is 0.334 e. The Morgan fingerprint density at radius 3 is 2.83 bits per heavy atom. The van der Waals surface area contributed by atoms with Crippen molar-refractivity contribution in [2.24, 2.45) is 5.92 Å². The van der Waals surface area contributed by atoms with Crippen molar-refractivity contribution in [2.75, 3.05) is 0 Å². The summed E-state index contributed by atoms with van der Waals surface area (Å²) in [5.74, 6) is 2.10. The van der Waals surface area contributed by atoms with Crippen molar-refractivity contribution in [2.45, 2.75) is 45.8 Å². The Bertz CT molecular complexity index is 666. The summed E-state index contributed by atoms with van der Waals surface area (Å²) in [5.41, 5.74) is 1.01. The van der Waals surface area contributed by atoms with Crippen LogP contribution in [-0.4, -0.2) is 25.8 Å². The zero-order valence-corrected chi connectivity index (χ0v) is 13.5. The monoisotopic (exact) mass is 314 g/mol. The van der Waals surface area contributed by atoms with Gasteiger partial charge in [0.05, 0.1) is 6.04 Å². The first-order valence-electron chi connectivity index (χ1n) is 8.00. The fourth-order valence-electron chi connectivity index (χ4n) is 2.81. The van der Waals surface area contributed by atoms with Gasteiger partial charge in [0.15, 0.2) is 5.82 Å². The van der Waals surface area contributed by atoms with E-state index < -0.39 is 0 Å². The van der Waals surface area contributed by atoms with Crippen LogP contribution in [0.3, 0.4) is 0 Å². The summed E-state index contributed by atoms with van der Waals surface area (Å²) in [5, 5.41) is 14.4. The van der Waals surface area contributed by atoms with Gasteiger partial charge in [-0.25, -0.2) is 4.79 Å². The second-order valence-electron chi connectivity index (χ2n) is 6.13. The highest BCUT2D eigenvalue weighted by Crippen LogP contribution is 2.24. The Morgan fingerprint density at radius 2 is 2.09 bits per heavy atom. The van der Waals surface area contributed by atoms with Gasteiger partial charge in [0.25, 0.3) is 0 Å². The van der Waals surface area contributed by atoms with Gasteiger partial charge in [-0.15, -0.1) is 10.2 Å². The summed E-state index contributed by atoms with van der Waals surface area (Å²) in [4.78, 5) is 16.2. The summed E-state index contributed by atoms with van der Waals surface area (Å²) < 4.78 is 2.13. The van der Waals surface area contributed by atoms with Gasteiger partial charge in [0, 0.05) is 31.9 Å². The highest BCUT2D eigenvalue weighted by atomic mass is 16.2. The quantitative estimate of drug-likeness (QED) is 0.881. The van der Waals surface area contributed by atoms with Crippen LogP contribution in [0.1, 0.15) is 43.5 Å². The normalized spacial score (nSPS) is 14.6. The van der Waals surface area contributed by atoms with Crippen LogP contribution >= 0.6 is 0 Å². The number of rotatable bonds is 5. The van der Waals surface area contributed by atoms with Crippen LogP contribution in [0.2, 0.25) is 0 Å². The van der Waals surface area contributed by atoms with Crippen LogP contribution in [0.4, 0.5) is 4.79 Å². The van der Waals surface area contributed by atoms with Gasteiger partial charge in [-0.05, 0) is 30.0 Å². The van der Waals surface area contributed by atoms with E-state index in [4.69, 9.17) is 0 Å². The number of carbonyl (C=O) groups excluding carboxylic acids is 1. The molecular formula is C16H22N6O. The molecule has 2 aromatic rings. The molecule has 1 aliphatic rings. The molecule has 7 heteroatoms. The van der Waals surface area contributed by atoms with E-state index in [9.17, 15) is 4.79 Å². The number of nitrogens with one attached hydrogen (secondary N) is 2.